The van der Waals surface area contributed by atoms with Crippen LogP contribution in [0, 0.1) is 17.0 Å². The molecule has 2 nitrogen and oxygen atoms in total. The molecule has 1 aliphatic carbocycles. The van der Waals surface area contributed by atoms with Crippen LogP contribution in [0.3, 0.4) is 0 Å². The molecule has 1 aromatic rings. The Bertz CT molecular complexity index is 418. The summed E-state index contributed by atoms with van der Waals surface area (Å²) in [5.74, 6) is -1.38. The van der Waals surface area contributed by atoms with Crippen LogP contribution < -0.4 is 4.74 Å². The van der Waals surface area contributed by atoms with E-state index in [-0.39, 0.29) is 11.2 Å². The summed E-state index contributed by atoms with van der Waals surface area (Å²) < 4.78 is 31.5. The van der Waals surface area contributed by atoms with Crippen LogP contribution in [0.15, 0.2) is 18.2 Å². The number of hydrogen-bond acceptors (Lipinski definition) is 2. The van der Waals surface area contributed by atoms with E-state index in [0.717, 1.165) is 18.6 Å². The van der Waals surface area contributed by atoms with Crippen molar-refractivity contribution in [2.75, 3.05) is 0 Å². The number of ether oxygens (including phenoxy) is 1. The highest BCUT2D eigenvalue weighted by molar-refractivity contribution is 5.25. The molecule has 94 valence electrons. The molecule has 0 saturated heterocycles. The van der Waals surface area contributed by atoms with Crippen molar-refractivity contribution in [1.82, 2.24) is 0 Å². The Kier molecular flexibility index (Phi) is 3.08. The third-order valence-corrected chi connectivity index (χ3v) is 3.40. The zero-order valence-electron chi connectivity index (χ0n) is 9.91. The largest absolute Gasteiger partial charge is 0.485 e. The maximum atomic E-state index is 13.4. The van der Waals surface area contributed by atoms with Gasteiger partial charge in [0.1, 0.15) is 11.9 Å². The highest BCUT2D eigenvalue weighted by Gasteiger charge is 2.42. The standard InChI is InChI=1S/C13H16F2O2/c1-13(2)6-5-11(12(13)16)17-10-4-3-8(14)7-9(10)15/h3-4,7,11-12,16H,5-6H2,1-2H3. The first-order valence-corrected chi connectivity index (χ1v) is 5.70. The van der Waals surface area contributed by atoms with Gasteiger partial charge in [-0.25, -0.2) is 8.78 Å². The van der Waals surface area contributed by atoms with Gasteiger partial charge in [-0.2, -0.15) is 0 Å². The van der Waals surface area contributed by atoms with E-state index in [1.807, 2.05) is 13.8 Å². The monoisotopic (exact) mass is 242 g/mol. The summed E-state index contributed by atoms with van der Waals surface area (Å²) in [5.41, 5.74) is -0.221. The molecule has 0 amide bonds. The fourth-order valence-corrected chi connectivity index (χ4v) is 2.18. The van der Waals surface area contributed by atoms with Crippen molar-refractivity contribution in [1.29, 1.82) is 0 Å². The molecule has 17 heavy (non-hydrogen) atoms. The highest BCUT2D eigenvalue weighted by Crippen LogP contribution is 2.39. The third-order valence-electron chi connectivity index (χ3n) is 3.40. The molecule has 1 saturated carbocycles. The first kappa shape index (κ1) is 12.3. The summed E-state index contributed by atoms with van der Waals surface area (Å²) in [7, 11) is 0. The average molecular weight is 242 g/mol. The van der Waals surface area contributed by atoms with E-state index in [2.05, 4.69) is 0 Å². The minimum atomic E-state index is -0.734. The van der Waals surface area contributed by atoms with E-state index in [4.69, 9.17) is 4.74 Å². The van der Waals surface area contributed by atoms with Gasteiger partial charge in [0.2, 0.25) is 0 Å². The molecule has 2 rings (SSSR count). The number of aliphatic hydroxyl groups excluding tert-OH is 1. The summed E-state index contributed by atoms with van der Waals surface area (Å²) >= 11 is 0. The Morgan fingerprint density at radius 1 is 1.35 bits per heavy atom. The van der Waals surface area contributed by atoms with Crippen LogP contribution in [-0.4, -0.2) is 17.3 Å². The Balaban J connectivity index is 2.12. The van der Waals surface area contributed by atoms with Crippen LogP contribution in [0.25, 0.3) is 0 Å². The second-order valence-corrected chi connectivity index (χ2v) is 5.20. The zero-order valence-corrected chi connectivity index (χ0v) is 9.91. The summed E-state index contributed by atoms with van der Waals surface area (Å²) in [6.07, 6.45) is 0.434. The molecule has 0 aromatic heterocycles. The van der Waals surface area contributed by atoms with Gasteiger partial charge in [0, 0.05) is 6.07 Å². The van der Waals surface area contributed by atoms with Crippen molar-refractivity contribution >= 4 is 0 Å². The van der Waals surface area contributed by atoms with Crippen molar-refractivity contribution in [3.8, 4) is 5.75 Å². The molecule has 1 N–H and O–H groups in total. The van der Waals surface area contributed by atoms with Gasteiger partial charge in [0.05, 0.1) is 6.10 Å². The average Bonchev–Trinajstić information content (AvgIpc) is 2.49. The van der Waals surface area contributed by atoms with Crippen LogP contribution in [0.5, 0.6) is 5.75 Å². The summed E-state index contributed by atoms with van der Waals surface area (Å²) in [4.78, 5) is 0. The third kappa shape index (κ3) is 2.41. The lowest BCUT2D eigenvalue weighted by atomic mass is 9.89. The van der Waals surface area contributed by atoms with Gasteiger partial charge in [-0.05, 0) is 30.4 Å². The number of hydrogen-bond donors (Lipinski definition) is 1. The predicted octanol–water partition coefficient (Wildman–Crippen LogP) is 2.89. The Labute approximate surface area is 99.2 Å². The molecule has 0 bridgehead atoms. The molecule has 1 aliphatic rings. The maximum absolute atomic E-state index is 13.4. The Morgan fingerprint density at radius 3 is 2.59 bits per heavy atom. The number of benzene rings is 1. The van der Waals surface area contributed by atoms with Crippen LogP contribution in [-0.2, 0) is 0 Å². The fourth-order valence-electron chi connectivity index (χ4n) is 2.18. The van der Waals surface area contributed by atoms with E-state index < -0.39 is 23.8 Å². The maximum Gasteiger partial charge on any atom is 0.167 e. The molecule has 4 heteroatoms. The molecular formula is C13H16F2O2. The molecule has 0 spiro atoms. The number of aliphatic hydroxyl groups is 1. The second kappa shape index (κ2) is 4.26. The SMILES string of the molecule is CC1(C)CCC(Oc2ccc(F)cc2F)C1O. The van der Waals surface area contributed by atoms with Crippen molar-refractivity contribution in [3.63, 3.8) is 0 Å². The normalized spacial score (nSPS) is 27.1. The van der Waals surface area contributed by atoms with Gasteiger partial charge in [-0.1, -0.05) is 13.8 Å². The van der Waals surface area contributed by atoms with E-state index in [9.17, 15) is 13.9 Å². The molecule has 2 atom stereocenters. The lowest BCUT2D eigenvalue weighted by molar-refractivity contribution is 0.00348. The van der Waals surface area contributed by atoms with Crippen molar-refractivity contribution in [3.05, 3.63) is 29.8 Å². The van der Waals surface area contributed by atoms with Gasteiger partial charge >= 0.3 is 0 Å². The summed E-state index contributed by atoms with van der Waals surface area (Å²) in [6, 6.07) is 3.18. The van der Waals surface area contributed by atoms with Crippen molar-refractivity contribution < 1.29 is 18.6 Å². The van der Waals surface area contributed by atoms with Crippen LogP contribution in [0.2, 0.25) is 0 Å². The molecule has 0 heterocycles. The van der Waals surface area contributed by atoms with Gasteiger partial charge < -0.3 is 9.84 Å². The van der Waals surface area contributed by atoms with E-state index in [1.165, 1.54) is 6.07 Å². The van der Waals surface area contributed by atoms with Crippen molar-refractivity contribution in [2.24, 2.45) is 5.41 Å². The Hall–Kier alpha value is -1.16. The minimum Gasteiger partial charge on any atom is -0.485 e. The molecule has 1 aromatic carbocycles. The number of halogens is 2. The Morgan fingerprint density at radius 2 is 2.06 bits per heavy atom. The van der Waals surface area contributed by atoms with Gasteiger partial charge in [-0.3, -0.25) is 0 Å². The topological polar surface area (TPSA) is 29.5 Å². The van der Waals surface area contributed by atoms with Crippen LogP contribution in [0.4, 0.5) is 8.78 Å². The summed E-state index contributed by atoms with van der Waals surface area (Å²) in [6.45, 7) is 3.89. The highest BCUT2D eigenvalue weighted by atomic mass is 19.1. The van der Waals surface area contributed by atoms with E-state index in [1.54, 1.807) is 0 Å². The molecule has 0 aliphatic heterocycles. The van der Waals surface area contributed by atoms with Gasteiger partial charge in [-0.15, -0.1) is 0 Å². The van der Waals surface area contributed by atoms with E-state index >= 15 is 0 Å². The molecule has 2 unspecified atom stereocenters. The van der Waals surface area contributed by atoms with Gasteiger partial charge in [0.15, 0.2) is 11.6 Å². The lowest BCUT2D eigenvalue weighted by Crippen LogP contribution is -2.34. The molecule has 0 radical (unpaired) electrons. The first-order valence-electron chi connectivity index (χ1n) is 5.70. The summed E-state index contributed by atoms with van der Waals surface area (Å²) in [5, 5.41) is 10.0. The van der Waals surface area contributed by atoms with Crippen molar-refractivity contribution in [2.45, 2.75) is 38.9 Å². The zero-order chi connectivity index (χ0) is 12.6. The van der Waals surface area contributed by atoms with Crippen LogP contribution >= 0.6 is 0 Å². The first-order chi connectivity index (χ1) is 7.90. The predicted molar refractivity (Wildman–Crippen MR) is 59.8 cm³/mol. The number of rotatable bonds is 2. The van der Waals surface area contributed by atoms with E-state index in [0.29, 0.717) is 6.42 Å². The van der Waals surface area contributed by atoms with Crippen LogP contribution in [0.1, 0.15) is 26.7 Å². The lowest BCUT2D eigenvalue weighted by Gasteiger charge is -2.25. The molecule has 1 fully saturated rings. The quantitative estimate of drug-likeness (QED) is 0.864. The smallest absolute Gasteiger partial charge is 0.167 e. The molecular weight excluding hydrogens is 226 g/mol. The second-order valence-electron chi connectivity index (χ2n) is 5.20. The fraction of sp³-hybridized carbons (Fsp3) is 0.538. The van der Waals surface area contributed by atoms with Gasteiger partial charge in [0.25, 0.3) is 0 Å². The minimum absolute atomic E-state index is 0.00634.